The molecule has 0 saturated carbocycles. The van der Waals surface area contributed by atoms with Crippen LogP contribution in [0.5, 0.6) is 0 Å². The van der Waals surface area contributed by atoms with Crippen molar-refractivity contribution in [3.05, 3.63) is 17.5 Å². The molecule has 2 unspecified atom stereocenters. The molecule has 1 fully saturated rings. The smallest absolute Gasteiger partial charge is 0.171 e. The molecule has 1 aromatic heterocycles. The van der Waals surface area contributed by atoms with Crippen molar-refractivity contribution < 1.29 is 0 Å². The summed E-state index contributed by atoms with van der Waals surface area (Å²) in [6.07, 6.45) is 3.30. The molecule has 1 N–H and O–H groups in total. The van der Waals surface area contributed by atoms with Gasteiger partial charge in [-0.15, -0.1) is 0 Å². The lowest BCUT2D eigenvalue weighted by molar-refractivity contribution is 0.428. The highest BCUT2D eigenvalue weighted by molar-refractivity contribution is 6.31. The van der Waals surface area contributed by atoms with E-state index in [1.54, 1.807) is 12.4 Å². The van der Waals surface area contributed by atoms with Crippen LogP contribution in [0, 0.1) is 0 Å². The van der Waals surface area contributed by atoms with Gasteiger partial charge in [0, 0.05) is 37.6 Å². The van der Waals surface area contributed by atoms with E-state index in [0.717, 1.165) is 18.9 Å². The number of hydrogen-bond donors (Lipinski definition) is 1. The van der Waals surface area contributed by atoms with E-state index < -0.39 is 0 Å². The Labute approximate surface area is 94.7 Å². The van der Waals surface area contributed by atoms with Crippen molar-refractivity contribution in [3.63, 3.8) is 0 Å². The van der Waals surface area contributed by atoms with Crippen LogP contribution in [0.25, 0.3) is 0 Å². The van der Waals surface area contributed by atoms with Gasteiger partial charge in [0.2, 0.25) is 0 Å². The minimum atomic E-state index is 0.392. The van der Waals surface area contributed by atoms with Gasteiger partial charge in [0.1, 0.15) is 0 Å². The molecule has 0 aliphatic carbocycles. The summed E-state index contributed by atoms with van der Waals surface area (Å²) in [7, 11) is 0. The van der Waals surface area contributed by atoms with Crippen molar-refractivity contribution in [2.75, 3.05) is 18.0 Å². The minimum absolute atomic E-state index is 0.392. The van der Waals surface area contributed by atoms with Crippen LogP contribution >= 0.6 is 11.6 Å². The number of piperazine rings is 1. The summed E-state index contributed by atoms with van der Waals surface area (Å²) in [5, 5.41) is 3.85. The van der Waals surface area contributed by atoms with Crippen molar-refractivity contribution in [2.24, 2.45) is 0 Å². The van der Waals surface area contributed by atoms with Crippen LogP contribution in [0.1, 0.15) is 13.8 Å². The van der Waals surface area contributed by atoms with Gasteiger partial charge >= 0.3 is 0 Å². The van der Waals surface area contributed by atoms with Crippen molar-refractivity contribution >= 4 is 17.4 Å². The highest BCUT2D eigenvalue weighted by Crippen LogP contribution is 2.25. The zero-order chi connectivity index (χ0) is 10.8. The molecule has 15 heavy (non-hydrogen) atoms. The predicted molar refractivity (Wildman–Crippen MR) is 61.3 cm³/mol. The first kappa shape index (κ1) is 10.6. The van der Waals surface area contributed by atoms with Crippen LogP contribution in [-0.4, -0.2) is 35.1 Å². The topological polar surface area (TPSA) is 41.0 Å². The van der Waals surface area contributed by atoms with Gasteiger partial charge in [0.25, 0.3) is 0 Å². The predicted octanol–water partition coefficient (Wildman–Crippen LogP) is 1.32. The van der Waals surface area contributed by atoms with E-state index in [-0.39, 0.29) is 0 Å². The molecule has 1 aliphatic rings. The van der Waals surface area contributed by atoms with Crippen LogP contribution < -0.4 is 10.2 Å². The Kier molecular flexibility index (Phi) is 3.07. The van der Waals surface area contributed by atoms with Gasteiger partial charge in [-0.1, -0.05) is 11.6 Å². The Bertz CT molecular complexity index is 334. The molecule has 82 valence electrons. The van der Waals surface area contributed by atoms with Gasteiger partial charge in [0.15, 0.2) is 11.0 Å². The highest BCUT2D eigenvalue weighted by atomic mass is 35.5. The number of nitrogens with zero attached hydrogens (tertiary/aromatic N) is 3. The van der Waals surface area contributed by atoms with Gasteiger partial charge in [-0.05, 0) is 13.8 Å². The van der Waals surface area contributed by atoms with Crippen molar-refractivity contribution in [2.45, 2.75) is 25.9 Å². The van der Waals surface area contributed by atoms with E-state index in [1.807, 2.05) is 0 Å². The van der Waals surface area contributed by atoms with Gasteiger partial charge in [-0.3, -0.25) is 0 Å². The summed E-state index contributed by atoms with van der Waals surface area (Å²) in [6, 6.07) is 0.783. The number of anilines is 1. The number of halogens is 1. The molecule has 0 bridgehead atoms. The Hall–Kier alpha value is -0.870. The van der Waals surface area contributed by atoms with Gasteiger partial charge in [-0.25, -0.2) is 9.97 Å². The molecule has 0 amide bonds. The summed E-state index contributed by atoms with van der Waals surface area (Å²) >= 11 is 6.05. The molecule has 1 saturated heterocycles. The van der Waals surface area contributed by atoms with Gasteiger partial charge in [-0.2, -0.15) is 0 Å². The zero-order valence-electron chi connectivity index (χ0n) is 8.94. The van der Waals surface area contributed by atoms with E-state index in [2.05, 4.69) is 34.0 Å². The van der Waals surface area contributed by atoms with E-state index in [9.17, 15) is 0 Å². The molecule has 0 aromatic carbocycles. The maximum Gasteiger partial charge on any atom is 0.171 e. The summed E-state index contributed by atoms with van der Waals surface area (Å²) in [5.41, 5.74) is 0. The first-order valence-corrected chi connectivity index (χ1v) is 5.53. The van der Waals surface area contributed by atoms with Crippen molar-refractivity contribution in [1.82, 2.24) is 15.3 Å². The SMILES string of the molecule is CC1CNCC(C)N1c1nccnc1Cl. The quantitative estimate of drug-likeness (QED) is 0.784. The maximum absolute atomic E-state index is 6.05. The maximum atomic E-state index is 6.05. The normalized spacial score (nSPS) is 26.7. The molecule has 2 heterocycles. The monoisotopic (exact) mass is 226 g/mol. The molecule has 2 atom stereocenters. The minimum Gasteiger partial charge on any atom is -0.346 e. The second-order valence-corrected chi connectivity index (χ2v) is 4.29. The second kappa shape index (κ2) is 4.33. The summed E-state index contributed by atoms with van der Waals surface area (Å²) in [6.45, 7) is 6.23. The molecule has 0 radical (unpaired) electrons. The van der Waals surface area contributed by atoms with Crippen LogP contribution in [0.4, 0.5) is 5.82 Å². The summed E-state index contributed by atoms with van der Waals surface area (Å²) in [5.74, 6) is 0.792. The summed E-state index contributed by atoms with van der Waals surface area (Å²) in [4.78, 5) is 10.6. The van der Waals surface area contributed by atoms with Gasteiger partial charge < -0.3 is 10.2 Å². The fraction of sp³-hybridized carbons (Fsp3) is 0.600. The molecular weight excluding hydrogens is 212 g/mol. The fourth-order valence-electron chi connectivity index (χ4n) is 2.04. The van der Waals surface area contributed by atoms with Crippen LogP contribution in [0.3, 0.4) is 0 Å². The van der Waals surface area contributed by atoms with Crippen LogP contribution in [0.2, 0.25) is 5.15 Å². The van der Waals surface area contributed by atoms with E-state index in [0.29, 0.717) is 17.2 Å². The first-order valence-electron chi connectivity index (χ1n) is 5.15. The average Bonchev–Trinajstić information content (AvgIpc) is 2.20. The lowest BCUT2D eigenvalue weighted by atomic mass is 10.1. The van der Waals surface area contributed by atoms with E-state index in [4.69, 9.17) is 11.6 Å². The molecule has 1 aromatic rings. The summed E-state index contributed by atoms with van der Waals surface area (Å²) < 4.78 is 0. The third-order valence-corrected chi connectivity index (χ3v) is 2.98. The lowest BCUT2D eigenvalue weighted by Crippen LogP contribution is -2.55. The number of rotatable bonds is 1. The Morgan fingerprint density at radius 2 is 1.87 bits per heavy atom. The Balaban J connectivity index is 2.31. The van der Waals surface area contributed by atoms with Crippen LogP contribution in [-0.2, 0) is 0 Å². The number of hydrogen-bond acceptors (Lipinski definition) is 4. The lowest BCUT2D eigenvalue weighted by Gasteiger charge is -2.40. The highest BCUT2D eigenvalue weighted by Gasteiger charge is 2.27. The Morgan fingerprint density at radius 1 is 1.27 bits per heavy atom. The van der Waals surface area contributed by atoms with Gasteiger partial charge in [0.05, 0.1) is 0 Å². The standard InChI is InChI=1S/C10H15ClN4/c1-7-5-12-6-8(2)15(7)10-9(11)13-3-4-14-10/h3-4,7-8,12H,5-6H2,1-2H3. The van der Waals surface area contributed by atoms with E-state index in [1.165, 1.54) is 0 Å². The third kappa shape index (κ3) is 2.06. The largest absolute Gasteiger partial charge is 0.346 e. The van der Waals surface area contributed by atoms with E-state index >= 15 is 0 Å². The average molecular weight is 227 g/mol. The number of nitrogens with one attached hydrogen (secondary N) is 1. The molecule has 1 aliphatic heterocycles. The van der Waals surface area contributed by atoms with Crippen molar-refractivity contribution in [1.29, 1.82) is 0 Å². The first-order chi connectivity index (χ1) is 7.20. The van der Waals surface area contributed by atoms with Crippen LogP contribution in [0.15, 0.2) is 12.4 Å². The zero-order valence-corrected chi connectivity index (χ0v) is 9.70. The molecule has 5 heteroatoms. The second-order valence-electron chi connectivity index (χ2n) is 3.93. The van der Waals surface area contributed by atoms with Crippen molar-refractivity contribution in [3.8, 4) is 0 Å². The molecule has 2 rings (SSSR count). The molecule has 0 spiro atoms. The third-order valence-electron chi connectivity index (χ3n) is 2.71. The molecule has 4 nitrogen and oxygen atoms in total. The Morgan fingerprint density at radius 3 is 2.47 bits per heavy atom. The fourth-order valence-corrected chi connectivity index (χ4v) is 2.24. The number of aromatic nitrogens is 2. The molecular formula is C10H15ClN4.